The highest BCUT2D eigenvalue weighted by molar-refractivity contribution is 4.88. The number of nitrogens with zero attached hydrogens (tertiary/aromatic N) is 1. The topological polar surface area (TPSA) is 43.7 Å². The Balaban J connectivity index is 1.80. The molecule has 2 rings (SSSR count). The first-order valence-corrected chi connectivity index (χ1v) is 7.57. The van der Waals surface area contributed by atoms with Crippen molar-refractivity contribution in [3.63, 3.8) is 0 Å². The molecule has 2 fully saturated rings. The fraction of sp³-hybridized carbons (Fsp3) is 1.00. The van der Waals surface area contributed by atoms with Gasteiger partial charge in [0.15, 0.2) is 0 Å². The molecule has 0 amide bonds. The van der Waals surface area contributed by atoms with Crippen LogP contribution in [0.2, 0.25) is 0 Å². The first kappa shape index (κ1) is 14.3. The molecule has 0 radical (unpaired) electrons. The Kier molecular flexibility index (Phi) is 4.68. The van der Waals surface area contributed by atoms with E-state index in [2.05, 4.69) is 18.9 Å². The molecule has 106 valence electrons. The molecule has 0 heterocycles. The van der Waals surface area contributed by atoms with Crippen LogP contribution < -0.4 is 0 Å². The van der Waals surface area contributed by atoms with Crippen LogP contribution >= 0.6 is 0 Å². The highest BCUT2D eigenvalue weighted by Gasteiger charge is 2.34. The van der Waals surface area contributed by atoms with Crippen LogP contribution in [0.3, 0.4) is 0 Å². The second-order valence-corrected chi connectivity index (χ2v) is 6.87. The predicted octanol–water partition coefficient (Wildman–Crippen LogP) is 2.02. The van der Waals surface area contributed by atoms with Crippen molar-refractivity contribution in [1.29, 1.82) is 0 Å². The first-order chi connectivity index (χ1) is 8.48. The summed E-state index contributed by atoms with van der Waals surface area (Å²) < 4.78 is 0. The van der Waals surface area contributed by atoms with E-state index in [1.54, 1.807) is 0 Å². The van der Waals surface area contributed by atoms with Crippen LogP contribution in [-0.4, -0.2) is 47.0 Å². The maximum atomic E-state index is 10.4. The fourth-order valence-electron chi connectivity index (χ4n) is 3.84. The lowest BCUT2D eigenvalue weighted by Gasteiger charge is -2.36. The zero-order valence-electron chi connectivity index (χ0n) is 11.9. The number of aliphatic hydroxyl groups excluding tert-OH is 1. The number of rotatable bonds is 4. The maximum Gasteiger partial charge on any atom is 0.0774 e. The van der Waals surface area contributed by atoms with Crippen molar-refractivity contribution < 1.29 is 10.2 Å². The van der Waals surface area contributed by atoms with Crippen molar-refractivity contribution in [3.8, 4) is 0 Å². The van der Waals surface area contributed by atoms with Gasteiger partial charge in [-0.25, -0.2) is 0 Å². The maximum absolute atomic E-state index is 10.4. The molecule has 0 bridgehead atoms. The van der Waals surface area contributed by atoms with Gasteiger partial charge in [0.1, 0.15) is 0 Å². The van der Waals surface area contributed by atoms with E-state index in [1.165, 1.54) is 0 Å². The normalized spacial score (nSPS) is 36.2. The standard InChI is InChI=1S/C15H29NO2/c1-12-5-6-14(17)13(9-12)10-16(2)11-15(18)7-3-4-8-15/h12-14,17-18H,3-11H2,1-2H3. The summed E-state index contributed by atoms with van der Waals surface area (Å²) >= 11 is 0. The van der Waals surface area contributed by atoms with Crippen LogP contribution in [0.15, 0.2) is 0 Å². The van der Waals surface area contributed by atoms with Crippen LogP contribution in [0, 0.1) is 11.8 Å². The molecule has 0 saturated heterocycles. The largest absolute Gasteiger partial charge is 0.393 e. The van der Waals surface area contributed by atoms with Gasteiger partial charge >= 0.3 is 0 Å². The molecular formula is C15H29NO2. The van der Waals surface area contributed by atoms with Crippen LogP contribution in [-0.2, 0) is 0 Å². The minimum absolute atomic E-state index is 0.137. The number of aliphatic hydroxyl groups is 2. The van der Waals surface area contributed by atoms with Gasteiger partial charge in [-0.05, 0) is 51.0 Å². The van der Waals surface area contributed by atoms with Crippen molar-refractivity contribution >= 4 is 0 Å². The predicted molar refractivity (Wildman–Crippen MR) is 73.4 cm³/mol. The molecule has 0 spiro atoms. The lowest BCUT2D eigenvalue weighted by molar-refractivity contribution is -0.00756. The van der Waals surface area contributed by atoms with Crippen molar-refractivity contribution in [2.45, 2.75) is 63.6 Å². The Hall–Kier alpha value is -0.120. The van der Waals surface area contributed by atoms with Crippen molar-refractivity contribution in [3.05, 3.63) is 0 Å². The van der Waals surface area contributed by atoms with Gasteiger partial charge in [-0.1, -0.05) is 19.8 Å². The number of likely N-dealkylation sites (N-methyl/N-ethyl adjacent to an activating group) is 1. The Labute approximate surface area is 111 Å². The summed E-state index contributed by atoms with van der Waals surface area (Å²) in [6.07, 6.45) is 7.31. The molecule has 2 saturated carbocycles. The van der Waals surface area contributed by atoms with Gasteiger partial charge in [0.25, 0.3) is 0 Å². The summed E-state index contributed by atoms with van der Waals surface area (Å²) in [4.78, 5) is 2.23. The van der Waals surface area contributed by atoms with Crippen LogP contribution in [0.1, 0.15) is 51.9 Å². The van der Waals surface area contributed by atoms with Gasteiger partial charge in [-0.3, -0.25) is 0 Å². The summed E-state index contributed by atoms with van der Waals surface area (Å²) in [5.41, 5.74) is -0.458. The van der Waals surface area contributed by atoms with E-state index < -0.39 is 5.60 Å². The van der Waals surface area contributed by atoms with Gasteiger partial charge in [-0.2, -0.15) is 0 Å². The zero-order chi connectivity index (χ0) is 13.2. The molecule has 0 aliphatic heterocycles. The van der Waals surface area contributed by atoms with Crippen LogP contribution in [0.4, 0.5) is 0 Å². The summed E-state index contributed by atoms with van der Waals surface area (Å²) in [5.74, 6) is 1.13. The van der Waals surface area contributed by atoms with E-state index in [0.717, 1.165) is 64.0 Å². The number of hydrogen-bond donors (Lipinski definition) is 2. The molecule has 2 aliphatic carbocycles. The number of hydrogen-bond acceptors (Lipinski definition) is 3. The fourth-order valence-corrected chi connectivity index (χ4v) is 3.84. The highest BCUT2D eigenvalue weighted by Crippen LogP contribution is 2.32. The molecule has 3 atom stereocenters. The van der Waals surface area contributed by atoms with Gasteiger partial charge in [0, 0.05) is 13.1 Å². The third-order valence-corrected chi connectivity index (χ3v) is 4.85. The third-order valence-electron chi connectivity index (χ3n) is 4.85. The zero-order valence-corrected chi connectivity index (χ0v) is 11.9. The van der Waals surface area contributed by atoms with Crippen molar-refractivity contribution in [1.82, 2.24) is 4.90 Å². The average molecular weight is 255 g/mol. The Morgan fingerprint density at radius 1 is 1.22 bits per heavy atom. The van der Waals surface area contributed by atoms with E-state index in [-0.39, 0.29) is 6.10 Å². The molecule has 2 aliphatic rings. The summed E-state index contributed by atoms with van der Waals surface area (Å²) in [6.45, 7) is 3.97. The Morgan fingerprint density at radius 3 is 2.56 bits per heavy atom. The molecule has 18 heavy (non-hydrogen) atoms. The summed E-state index contributed by atoms with van der Waals surface area (Å²) in [6, 6.07) is 0. The Morgan fingerprint density at radius 2 is 1.89 bits per heavy atom. The lowest BCUT2D eigenvalue weighted by Crippen LogP contribution is -2.44. The van der Waals surface area contributed by atoms with Gasteiger partial charge in [0.05, 0.1) is 11.7 Å². The smallest absolute Gasteiger partial charge is 0.0774 e. The molecule has 0 aromatic rings. The molecule has 3 heteroatoms. The second kappa shape index (κ2) is 5.89. The van der Waals surface area contributed by atoms with E-state index in [0.29, 0.717) is 5.92 Å². The monoisotopic (exact) mass is 255 g/mol. The summed E-state index contributed by atoms with van der Waals surface area (Å²) in [7, 11) is 2.09. The lowest BCUT2D eigenvalue weighted by atomic mass is 9.80. The highest BCUT2D eigenvalue weighted by atomic mass is 16.3. The minimum atomic E-state index is -0.458. The van der Waals surface area contributed by atoms with E-state index in [1.807, 2.05) is 0 Å². The molecular weight excluding hydrogens is 226 g/mol. The van der Waals surface area contributed by atoms with Crippen LogP contribution in [0.5, 0.6) is 0 Å². The van der Waals surface area contributed by atoms with Crippen LogP contribution in [0.25, 0.3) is 0 Å². The average Bonchev–Trinajstić information content (AvgIpc) is 2.70. The van der Waals surface area contributed by atoms with Crippen molar-refractivity contribution in [2.75, 3.05) is 20.1 Å². The quantitative estimate of drug-likeness (QED) is 0.808. The SMILES string of the molecule is CC1CCC(O)C(CN(C)CC2(O)CCCC2)C1. The van der Waals surface area contributed by atoms with E-state index in [4.69, 9.17) is 0 Å². The second-order valence-electron chi connectivity index (χ2n) is 6.87. The molecule has 3 unspecified atom stereocenters. The Bertz CT molecular complexity index is 263. The van der Waals surface area contributed by atoms with Crippen molar-refractivity contribution in [2.24, 2.45) is 11.8 Å². The molecule has 3 nitrogen and oxygen atoms in total. The van der Waals surface area contributed by atoms with Gasteiger partial charge in [0.2, 0.25) is 0 Å². The molecule has 2 N–H and O–H groups in total. The summed E-state index contributed by atoms with van der Waals surface area (Å²) in [5, 5.41) is 20.5. The van der Waals surface area contributed by atoms with E-state index >= 15 is 0 Å². The van der Waals surface area contributed by atoms with Gasteiger partial charge < -0.3 is 15.1 Å². The van der Waals surface area contributed by atoms with Gasteiger partial charge in [-0.15, -0.1) is 0 Å². The minimum Gasteiger partial charge on any atom is -0.393 e. The molecule has 0 aromatic heterocycles. The molecule has 0 aromatic carbocycles. The third kappa shape index (κ3) is 3.69. The van der Waals surface area contributed by atoms with E-state index in [9.17, 15) is 10.2 Å². The first-order valence-electron chi connectivity index (χ1n) is 7.57.